The molecule has 0 aliphatic rings. The number of aliphatic hydroxyl groups is 1. The van der Waals surface area contributed by atoms with Gasteiger partial charge in [0.1, 0.15) is 6.61 Å². The monoisotopic (exact) mass is 671 g/mol. The van der Waals surface area contributed by atoms with Crippen molar-refractivity contribution in [3.63, 3.8) is 0 Å². The van der Waals surface area contributed by atoms with Gasteiger partial charge in [0.05, 0.1) is 6.61 Å². The lowest BCUT2D eigenvalue weighted by Crippen LogP contribution is -2.28. The summed E-state index contributed by atoms with van der Waals surface area (Å²) >= 11 is 0. The predicted molar refractivity (Wildman–Crippen MR) is 205 cm³/mol. The van der Waals surface area contributed by atoms with E-state index in [2.05, 4.69) is 74.6 Å². The Morgan fingerprint density at radius 2 is 0.896 bits per heavy atom. The number of hydrogen-bond acceptors (Lipinski definition) is 5. The highest BCUT2D eigenvalue weighted by Gasteiger charge is 2.16. The maximum Gasteiger partial charge on any atom is 0.306 e. The van der Waals surface area contributed by atoms with E-state index >= 15 is 0 Å². The Bertz CT molecular complexity index is 853. The SMILES string of the molecule is CC/C=C/C/C=C/C/C=C/CCCCCCCC(=O)O[C@@H](CO)COC(=O)CCCCCCCCCCC/C=C/C/C=C/CCCCC. The van der Waals surface area contributed by atoms with Crippen molar-refractivity contribution in [3.8, 4) is 0 Å². The molecule has 48 heavy (non-hydrogen) atoms. The molecule has 0 bridgehead atoms. The number of unbranched alkanes of at least 4 members (excludes halogenated alkanes) is 17. The summed E-state index contributed by atoms with van der Waals surface area (Å²) in [6, 6.07) is 0. The van der Waals surface area contributed by atoms with E-state index in [1.54, 1.807) is 0 Å². The number of rotatable bonds is 35. The maximum atomic E-state index is 12.2. The van der Waals surface area contributed by atoms with Crippen LogP contribution in [0.5, 0.6) is 0 Å². The molecule has 0 aliphatic carbocycles. The smallest absolute Gasteiger partial charge is 0.306 e. The van der Waals surface area contributed by atoms with Crippen LogP contribution in [0.1, 0.15) is 181 Å². The van der Waals surface area contributed by atoms with Crippen LogP contribution in [0, 0.1) is 0 Å². The molecule has 1 atom stereocenters. The van der Waals surface area contributed by atoms with E-state index in [9.17, 15) is 14.7 Å². The number of allylic oxidation sites excluding steroid dienone is 10. The Labute approximate surface area is 296 Å². The molecule has 0 rings (SSSR count). The highest BCUT2D eigenvalue weighted by Crippen LogP contribution is 2.13. The second-order valence-corrected chi connectivity index (χ2v) is 13.0. The third kappa shape index (κ3) is 36.4. The van der Waals surface area contributed by atoms with Gasteiger partial charge < -0.3 is 14.6 Å². The summed E-state index contributed by atoms with van der Waals surface area (Å²) in [5.74, 6) is -0.618. The maximum absolute atomic E-state index is 12.2. The van der Waals surface area contributed by atoms with Crippen LogP contribution < -0.4 is 0 Å². The van der Waals surface area contributed by atoms with Crippen molar-refractivity contribution in [1.29, 1.82) is 0 Å². The average Bonchev–Trinajstić information content (AvgIpc) is 3.09. The number of aliphatic hydroxyl groups excluding tert-OH is 1. The lowest BCUT2D eigenvalue weighted by atomic mass is 10.1. The first kappa shape index (κ1) is 45.6. The first-order valence-corrected chi connectivity index (χ1v) is 19.8. The van der Waals surface area contributed by atoms with Gasteiger partial charge in [0.25, 0.3) is 0 Å². The normalized spacial score (nSPS) is 12.8. The first-order chi connectivity index (χ1) is 23.6. The van der Waals surface area contributed by atoms with Crippen LogP contribution in [0.25, 0.3) is 0 Å². The first-order valence-electron chi connectivity index (χ1n) is 19.8. The molecule has 0 unspecified atom stereocenters. The molecule has 0 saturated heterocycles. The van der Waals surface area contributed by atoms with Crippen molar-refractivity contribution in [2.45, 2.75) is 187 Å². The van der Waals surface area contributed by atoms with Crippen LogP contribution in [0.2, 0.25) is 0 Å². The van der Waals surface area contributed by atoms with Gasteiger partial charge in [-0.1, -0.05) is 152 Å². The minimum absolute atomic E-state index is 0.0771. The van der Waals surface area contributed by atoms with E-state index in [1.165, 1.54) is 77.0 Å². The molecule has 1 N–H and O–H groups in total. The molecule has 0 spiro atoms. The van der Waals surface area contributed by atoms with Gasteiger partial charge in [-0.25, -0.2) is 0 Å². The van der Waals surface area contributed by atoms with Gasteiger partial charge >= 0.3 is 11.9 Å². The molecule has 5 nitrogen and oxygen atoms in total. The fourth-order valence-corrected chi connectivity index (χ4v) is 5.30. The summed E-state index contributed by atoms with van der Waals surface area (Å²) < 4.78 is 10.6. The largest absolute Gasteiger partial charge is 0.462 e. The summed E-state index contributed by atoms with van der Waals surface area (Å²) in [6.45, 7) is 3.98. The Hall–Kier alpha value is -2.40. The molecule has 0 fully saturated rings. The zero-order valence-electron chi connectivity index (χ0n) is 31.2. The van der Waals surface area contributed by atoms with E-state index in [-0.39, 0.29) is 25.2 Å². The van der Waals surface area contributed by atoms with Crippen molar-refractivity contribution in [2.24, 2.45) is 0 Å². The third-order valence-electron chi connectivity index (χ3n) is 8.30. The van der Waals surface area contributed by atoms with Gasteiger partial charge in [0.15, 0.2) is 6.10 Å². The number of ether oxygens (including phenoxy) is 2. The second-order valence-electron chi connectivity index (χ2n) is 13.0. The summed E-state index contributed by atoms with van der Waals surface area (Å²) in [4.78, 5) is 24.3. The van der Waals surface area contributed by atoms with Crippen LogP contribution in [0.15, 0.2) is 60.8 Å². The zero-order valence-corrected chi connectivity index (χ0v) is 31.2. The molecule has 5 heteroatoms. The number of esters is 2. The summed E-state index contributed by atoms with van der Waals surface area (Å²) in [7, 11) is 0. The fraction of sp³-hybridized carbons (Fsp3) is 0.721. The number of hydrogen-bond donors (Lipinski definition) is 1. The molecule has 0 aromatic rings. The Morgan fingerprint density at radius 1 is 0.500 bits per heavy atom. The molecule has 0 saturated carbocycles. The third-order valence-corrected chi connectivity index (χ3v) is 8.30. The minimum atomic E-state index is -0.783. The van der Waals surface area contributed by atoms with Gasteiger partial charge in [-0.2, -0.15) is 0 Å². The average molecular weight is 671 g/mol. The number of carbonyl (C=O) groups excluding carboxylic acids is 2. The topological polar surface area (TPSA) is 72.8 Å². The van der Waals surface area contributed by atoms with Crippen LogP contribution in [0.3, 0.4) is 0 Å². The van der Waals surface area contributed by atoms with E-state index in [0.29, 0.717) is 12.8 Å². The van der Waals surface area contributed by atoms with Crippen molar-refractivity contribution >= 4 is 11.9 Å². The predicted octanol–water partition coefficient (Wildman–Crippen LogP) is 12.4. The van der Waals surface area contributed by atoms with Crippen molar-refractivity contribution in [1.82, 2.24) is 0 Å². The lowest BCUT2D eigenvalue weighted by molar-refractivity contribution is -0.161. The van der Waals surface area contributed by atoms with Gasteiger partial charge in [-0.05, 0) is 77.0 Å². The molecular weight excluding hydrogens is 596 g/mol. The quantitative estimate of drug-likeness (QED) is 0.0413. The number of carbonyl (C=O) groups is 2. The molecular formula is C43H74O5. The Kier molecular flexibility index (Phi) is 37.1. The Balaban J connectivity index is 3.59. The lowest BCUT2D eigenvalue weighted by Gasteiger charge is -2.15. The van der Waals surface area contributed by atoms with Crippen LogP contribution in [-0.4, -0.2) is 36.4 Å². The van der Waals surface area contributed by atoms with Gasteiger partial charge in [0.2, 0.25) is 0 Å². The molecule has 0 aromatic heterocycles. The summed E-state index contributed by atoms with van der Waals surface area (Å²) in [5.41, 5.74) is 0. The fourth-order valence-electron chi connectivity index (χ4n) is 5.30. The molecule has 0 radical (unpaired) electrons. The standard InChI is InChI=1S/C43H74O5/c1-3-5-7-9-11-13-15-17-19-20-21-22-24-25-27-29-31-33-35-37-42(45)47-40-41(39-44)48-43(46)38-36-34-32-30-28-26-23-18-16-14-12-10-8-6-4-2/h6,8,11-14,17-19,23,41,44H,3-5,7,9-10,15-16,20-22,24-40H2,1-2H3/b8-6+,13-11+,14-12+,19-17+,23-18+/t41-/m0/s1. The van der Waals surface area contributed by atoms with Gasteiger partial charge in [-0.3, -0.25) is 9.59 Å². The van der Waals surface area contributed by atoms with Crippen molar-refractivity contribution in [2.75, 3.05) is 13.2 Å². The summed E-state index contributed by atoms with van der Waals surface area (Å²) in [6.07, 6.45) is 49.9. The molecule has 0 aliphatic heterocycles. The highest BCUT2D eigenvalue weighted by atomic mass is 16.6. The highest BCUT2D eigenvalue weighted by molar-refractivity contribution is 5.70. The van der Waals surface area contributed by atoms with Crippen LogP contribution >= 0.6 is 0 Å². The van der Waals surface area contributed by atoms with Crippen LogP contribution in [0.4, 0.5) is 0 Å². The second kappa shape index (κ2) is 39.0. The zero-order chi connectivity index (χ0) is 35.0. The molecule has 0 amide bonds. The molecule has 0 heterocycles. The molecule has 0 aromatic carbocycles. The van der Waals surface area contributed by atoms with E-state index in [4.69, 9.17) is 9.47 Å². The van der Waals surface area contributed by atoms with Crippen molar-refractivity contribution in [3.05, 3.63) is 60.8 Å². The Morgan fingerprint density at radius 3 is 1.35 bits per heavy atom. The van der Waals surface area contributed by atoms with Gasteiger partial charge in [0, 0.05) is 12.8 Å². The van der Waals surface area contributed by atoms with E-state index in [0.717, 1.165) is 77.0 Å². The van der Waals surface area contributed by atoms with Crippen molar-refractivity contribution < 1.29 is 24.2 Å². The van der Waals surface area contributed by atoms with E-state index in [1.807, 2.05) is 0 Å². The van der Waals surface area contributed by atoms with Crippen LogP contribution in [-0.2, 0) is 19.1 Å². The van der Waals surface area contributed by atoms with Gasteiger partial charge in [-0.15, -0.1) is 0 Å². The minimum Gasteiger partial charge on any atom is -0.462 e. The molecule has 276 valence electrons. The summed E-state index contributed by atoms with van der Waals surface area (Å²) in [5, 5.41) is 9.55. The van der Waals surface area contributed by atoms with E-state index < -0.39 is 6.10 Å².